The number of benzene rings is 1. The van der Waals surface area contributed by atoms with Gasteiger partial charge in [0, 0.05) is 6.54 Å². The van der Waals surface area contributed by atoms with E-state index in [1.54, 1.807) is 22.7 Å². The van der Waals surface area contributed by atoms with Crippen molar-refractivity contribution in [3.63, 3.8) is 0 Å². The highest BCUT2D eigenvalue weighted by atomic mass is 16.6. The first-order valence-corrected chi connectivity index (χ1v) is 10.4. The highest BCUT2D eigenvalue weighted by molar-refractivity contribution is 5.81. The molecule has 31 heavy (non-hydrogen) atoms. The van der Waals surface area contributed by atoms with Crippen LogP contribution in [-0.4, -0.2) is 57.1 Å². The Morgan fingerprint density at radius 3 is 2.74 bits per heavy atom. The van der Waals surface area contributed by atoms with Crippen molar-refractivity contribution in [3.8, 4) is 0 Å². The SMILES string of the molecule is CCOC(=O)[C@H](CCCCN1Cc2cnnn2CC1=O)NC(=O)OCc1ccccc1. The number of hydrogen-bond donors (Lipinski definition) is 1. The van der Waals surface area contributed by atoms with E-state index in [-0.39, 0.29) is 25.7 Å². The molecule has 0 bridgehead atoms. The molecule has 1 aromatic carbocycles. The molecular weight excluding hydrogens is 402 g/mol. The Bertz CT molecular complexity index is 885. The summed E-state index contributed by atoms with van der Waals surface area (Å²) in [5, 5.41) is 10.3. The van der Waals surface area contributed by atoms with Crippen molar-refractivity contribution in [1.82, 2.24) is 25.2 Å². The number of nitrogens with one attached hydrogen (secondary N) is 1. The van der Waals surface area contributed by atoms with Crippen LogP contribution in [0.25, 0.3) is 0 Å². The number of aromatic nitrogens is 3. The summed E-state index contributed by atoms with van der Waals surface area (Å²) in [4.78, 5) is 38.3. The molecule has 0 spiro atoms. The van der Waals surface area contributed by atoms with Gasteiger partial charge in [-0.1, -0.05) is 35.5 Å². The third-order valence-corrected chi connectivity index (χ3v) is 4.94. The van der Waals surface area contributed by atoms with Gasteiger partial charge in [0.15, 0.2) is 0 Å². The van der Waals surface area contributed by atoms with Gasteiger partial charge < -0.3 is 19.7 Å². The van der Waals surface area contributed by atoms with E-state index in [0.717, 1.165) is 11.3 Å². The molecule has 10 heteroatoms. The van der Waals surface area contributed by atoms with Gasteiger partial charge in [-0.3, -0.25) is 4.79 Å². The van der Waals surface area contributed by atoms with Crippen molar-refractivity contribution >= 4 is 18.0 Å². The van der Waals surface area contributed by atoms with Gasteiger partial charge in [0.05, 0.1) is 25.0 Å². The lowest BCUT2D eigenvalue weighted by atomic mass is 10.1. The molecule has 1 aliphatic rings. The van der Waals surface area contributed by atoms with Gasteiger partial charge >= 0.3 is 12.1 Å². The van der Waals surface area contributed by atoms with E-state index in [2.05, 4.69) is 15.6 Å². The quantitative estimate of drug-likeness (QED) is 0.451. The third kappa shape index (κ3) is 6.53. The highest BCUT2D eigenvalue weighted by Crippen LogP contribution is 2.13. The fraction of sp³-hybridized carbons (Fsp3) is 0.476. The zero-order chi connectivity index (χ0) is 22.1. The first kappa shape index (κ1) is 22.3. The van der Waals surface area contributed by atoms with Gasteiger partial charge in [-0.2, -0.15) is 0 Å². The standard InChI is InChI=1S/C21H27N5O5/c1-2-30-20(28)18(23-21(29)31-15-16-8-4-3-5-9-16)10-6-7-11-25-13-17-12-22-24-26(17)14-19(25)27/h3-5,8-9,12,18H,2,6-7,10-11,13-15H2,1H3,(H,23,29)/t18-/m0/s1. The number of esters is 1. The third-order valence-electron chi connectivity index (χ3n) is 4.94. The number of alkyl carbamates (subject to hydrolysis) is 1. The molecule has 0 saturated carbocycles. The largest absolute Gasteiger partial charge is 0.464 e. The van der Waals surface area contributed by atoms with Crippen LogP contribution in [0.5, 0.6) is 0 Å². The van der Waals surface area contributed by atoms with Gasteiger partial charge in [-0.15, -0.1) is 5.10 Å². The smallest absolute Gasteiger partial charge is 0.408 e. The summed E-state index contributed by atoms with van der Waals surface area (Å²) in [6.07, 6.45) is 2.68. The molecule has 0 saturated heterocycles. The lowest BCUT2D eigenvalue weighted by molar-refractivity contribution is -0.145. The van der Waals surface area contributed by atoms with Crippen LogP contribution in [0.2, 0.25) is 0 Å². The predicted octanol–water partition coefficient (Wildman–Crippen LogP) is 1.65. The molecule has 0 fully saturated rings. The van der Waals surface area contributed by atoms with E-state index in [1.807, 2.05) is 30.3 Å². The van der Waals surface area contributed by atoms with E-state index >= 15 is 0 Å². The normalized spacial score (nSPS) is 14.0. The minimum atomic E-state index is -0.800. The fourth-order valence-electron chi connectivity index (χ4n) is 3.30. The van der Waals surface area contributed by atoms with Crippen LogP contribution in [0.3, 0.4) is 0 Å². The number of unbranched alkanes of at least 4 members (excludes halogenated alkanes) is 1. The Morgan fingerprint density at radius 2 is 1.97 bits per heavy atom. The van der Waals surface area contributed by atoms with Crippen LogP contribution in [0, 0.1) is 0 Å². The average molecular weight is 429 g/mol. The molecule has 2 aromatic rings. The van der Waals surface area contributed by atoms with Gasteiger partial charge in [0.25, 0.3) is 0 Å². The molecule has 3 rings (SSSR count). The highest BCUT2D eigenvalue weighted by Gasteiger charge is 2.25. The maximum atomic E-state index is 12.2. The first-order chi connectivity index (χ1) is 15.1. The monoisotopic (exact) mass is 429 g/mol. The lowest BCUT2D eigenvalue weighted by Gasteiger charge is -2.27. The summed E-state index contributed by atoms with van der Waals surface area (Å²) < 4.78 is 11.9. The van der Waals surface area contributed by atoms with Crippen molar-refractivity contribution in [2.24, 2.45) is 0 Å². The van der Waals surface area contributed by atoms with Crippen LogP contribution in [-0.2, 0) is 38.8 Å². The minimum Gasteiger partial charge on any atom is -0.464 e. The number of ether oxygens (including phenoxy) is 2. The Balaban J connectivity index is 1.44. The van der Waals surface area contributed by atoms with Crippen molar-refractivity contribution in [2.45, 2.75) is 51.9 Å². The van der Waals surface area contributed by atoms with E-state index < -0.39 is 18.1 Å². The molecule has 166 valence electrons. The topological polar surface area (TPSA) is 116 Å². The van der Waals surface area contributed by atoms with Crippen molar-refractivity contribution in [2.75, 3.05) is 13.2 Å². The van der Waals surface area contributed by atoms with Gasteiger partial charge in [0.1, 0.15) is 19.2 Å². The molecule has 2 heterocycles. The van der Waals surface area contributed by atoms with Crippen molar-refractivity contribution in [3.05, 3.63) is 47.8 Å². The van der Waals surface area contributed by atoms with E-state index in [9.17, 15) is 14.4 Å². The number of nitrogens with zero attached hydrogens (tertiary/aromatic N) is 4. The Kier molecular flexibility index (Phi) is 7.97. The van der Waals surface area contributed by atoms with Crippen molar-refractivity contribution in [1.29, 1.82) is 0 Å². The zero-order valence-electron chi connectivity index (χ0n) is 17.5. The molecule has 10 nitrogen and oxygen atoms in total. The number of fused-ring (bicyclic) bond motifs is 1. The molecule has 1 aromatic heterocycles. The van der Waals surface area contributed by atoms with E-state index in [1.165, 1.54) is 0 Å². The number of hydrogen-bond acceptors (Lipinski definition) is 7. The maximum Gasteiger partial charge on any atom is 0.408 e. The molecule has 2 amide bonds. The van der Waals surface area contributed by atoms with E-state index in [4.69, 9.17) is 9.47 Å². The average Bonchev–Trinajstić information content (AvgIpc) is 3.22. The fourth-order valence-corrected chi connectivity index (χ4v) is 3.30. The van der Waals surface area contributed by atoms with E-state index in [0.29, 0.717) is 32.4 Å². The number of rotatable bonds is 10. The van der Waals surface area contributed by atoms with Crippen LogP contribution in [0.15, 0.2) is 36.5 Å². The predicted molar refractivity (Wildman–Crippen MR) is 109 cm³/mol. The van der Waals surface area contributed by atoms with Crippen LogP contribution < -0.4 is 5.32 Å². The molecule has 0 radical (unpaired) electrons. The minimum absolute atomic E-state index is 0.0115. The Morgan fingerprint density at radius 1 is 1.16 bits per heavy atom. The second-order valence-corrected chi connectivity index (χ2v) is 7.20. The Labute approximate surface area is 180 Å². The summed E-state index contributed by atoms with van der Waals surface area (Å²) >= 11 is 0. The lowest BCUT2D eigenvalue weighted by Crippen LogP contribution is -2.42. The Hall–Kier alpha value is -3.43. The molecule has 1 atom stereocenters. The van der Waals surface area contributed by atoms with Crippen molar-refractivity contribution < 1.29 is 23.9 Å². The summed E-state index contributed by atoms with van der Waals surface area (Å²) in [7, 11) is 0. The molecule has 0 aliphatic carbocycles. The second-order valence-electron chi connectivity index (χ2n) is 7.20. The zero-order valence-corrected chi connectivity index (χ0v) is 17.5. The molecule has 1 aliphatic heterocycles. The second kappa shape index (κ2) is 11.1. The van der Waals surface area contributed by atoms with Gasteiger partial charge in [-0.05, 0) is 31.7 Å². The summed E-state index contributed by atoms with van der Waals surface area (Å²) in [5.74, 6) is -0.509. The summed E-state index contributed by atoms with van der Waals surface area (Å²) in [6, 6.07) is 8.49. The number of amides is 2. The first-order valence-electron chi connectivity index (χ1n) is 10.4. The van der Waals surface area contributed by atoms with Crippen LogP contribution >= 0.6 is 0 Å². The van der Waals surface area contributed by atoms with Crippen LogP contribution in [0.4, 0.5) is 4.79 Å². The molecular formula is C21H27N5O5. The van der Waals surface area contributed by atoms with Gasteiger partial charge in [-0.25, -0.2) is 14.3 Å². The summed E-state index contributed by atoms with van der Waals surface area (Å²) in [6.45, 7) is 3.26. The summed E-state index contributed by atoms with van der Waals surface area (Å²) in [5.41, 5.74) is 1.75. The van der Waals surface area contributed by atoms with Crippen LogP contribution in [0.1, 0.15) is 37.4 Å². The van der Waals surface area contributed by atoms with Gasteiger partial charge in [0.2, 0.25) is 5.91 Å². The number of carbonyl (C=O) groups excluding carboxylic acids is 3. The maximum absolute atomic E-state index is 12.2. The molecule has 0 unspecified atom stereocenters. The molecule has 1 N–H and O–H groups in total. The number of carbonyl (C=O) groups is 3.